The van der Waals surface area contributed by atoms with Gasteiger partial charge in [0, 0.05) is 11.6 Å². The van der Waals surface area contributed by atoms with E-state index in [1.807, 2.05) is 0 Å². The molecule has 0 aliphatic rings. The number of aryl methyl sites for hydroxylation is 1. The molecule has 0 fully saturated rings. The minimum atomic E-state index is -0.360. The predicted octanol–water partition coefficient (Wildman–Crippen LogP) is 1.60. The van der Waals surface area contributed by atoms with Gasteiger partial charge in [0.1, 0.15) is 0 Å². The van der Waals surface area contributed by atoms with E-state index >= 15 is 0 Å². The molecule has 5 heteroatoms. The largest absolute Gasteiger partial charge is 0.419 e. The summed E-state index contributed by atoms with van der Waals surface area (Å²) >= 11 is 5.85. The molecule has 2 N–H and O–H groups in total. The minimum absolute atomic E-state index is 0.360. The zero-order valence-electron chi connectivity index (χ0n) is 8.07. The van der Waals surface area contributed by atoms with Crippen LogP contribution >= 0.6 is 11.6 Å². The molecule has 0 saturated carbocycles. The van der Waals surface area contributed by atoms with Crippen LogP contribution in [0.2, 0.25) is 5.02 Å². The highest BCUT2D eigenvalue weighted by atomic mass is 35.5. The van der Waals surface area contributed by atoms with Crippen LogP contribution in [0.5, 0.6) is 0 Å². The minimum Gasteiger partial charge on any atom is -0.408 e. The first-order valence-electron chi connectivity index (χ1n) is 4.71. The van der Waals surface area contributed by atoms with Gasteiger partial charge < -0.3 is 10.2 Å². The molecule has 0 atom stereocenters. The zero-order valence-corrected chi connectivity index (χ0v) is 8.83. The van der Waals surface area contributed by atoms with Gasteiger partial charge in [-0.05, 0) is 31.2 Å². The highest BCUT2D eigenvalue weighted by molar-refractivity contribution is 6.31. The van der Waals surface area contributed by atoms with Crippen LogP contribution in [-0.4, -0.2) is 11.1 Å². The molecule has 0 radical (unpaired) electrons. The average molecular weight is 227 g/mol. The van der Waals surface area contributed by atoms with Crippen LogP contribution in [0, 0.1) is 0 Å². The summed E-state index contributed by atoms with van der Waals surface area (Å²) in [5.41, 5.74) is 6.68. The van der Waals surface area contributed by atoms with Gasteiger partial charge in [0.05, 0.1) is 5.52 Å². The first-order valence-corrected chi connectivity index (χ1v) is 5.09. The van der Waals surface area contributed by atoms with Crippen LogP contribution < -0.4 is 11.5 Å². The fourth-order valence-corrected chi connectivity index (χ4v) is 1.66. The Balaban J connectivity index is 2.55. The summed E-state index contributed by atoms with van der Waals surface area (Å²) in [6, 6.07) is 5.11. The van der Waals surface area contributed by atoms with E-state index in [-0.39, 0.29) is 5.76 Å². The van der Waals surface area contributed by atoms with Crippen molar-refractivity contribution in [1.82, 2.24) is 4.57 Å². The molecular formula is C10H11ClN2O2. The van der Waals surface area contributed by atoms with E-state index in [9.17, 15) is 4.79 Å². The number of nitrogens with zero attached hydrogens (tertiary/aromatic N) is 1. The lowest BCUT2D eigenvalue weighted by molar-refractivity contribution is 0.499. The fraction of sp³-hybridized carbons (Fsp3) is 0.300. The average Bonchev–Trinajstić information content (AvgIpc) is 2.51. The third-order valence-corrected chi connectivity index (χ3v) is 2.45. The molecule has 0 saturated heterocycles. The Kier molecular flexibility index (Phi) is 2.79. The molecule has 0 amide bonds. The SMILES string of the molecule is NCCCn1c(=O)oc2ccc(Cl)cc21. The molecule has 2 aromatic rings. The van der Waals surface area contributed by atoms with Crippen molar-refractivity contribution in [2.75, 3.05) is 6.54 Å². The smallest absolute Gasteiger partial charge is 0.408 e. The third kappa shape index (κ3) is 1.91. The van der Waals surface area contributed by atoms with Crippen molar-refractivity contribution >= 4 is 22.7 Å². The maximum Gasteiger partial charge on any atom is 0.419 e. The molecule has 0 aliphatic heterocycles. The van der Waals surface area contributed by atoms with Crippen molar-refractivity contribution in [3.8, 4) is 0 Å². The maximum atomic E-state index is 11.5. The highest BCUT2D eigenvalue weighted by Crippen LogP contribution is 2.18. The van der Waals surface area contributed by atoms with Crippen molar-refractivity contribution < 1.29 is 4.42 Å². The second kappa shape index (κ2) is 4.08. The number of hydrogen-bond acceptors (Lipinski definition) is 3. The van der Waals surface area contributed by atoms with E-state index in [1.165, 1.54) is 0 Å². The van der Waals surface area contributed by atoms with Gasteiger partial charge in [-0.25, -0.2) is 4.79 Å². The summed E-state index contributed by atoms with van der Waals surface area (Å²) in [5, 5.41) is 0.588. The molecule has 1 aromatic carbocycles. The number of benzene rings is 1. The summed E-state index contributed by atoms with van der Waals surface area (Å²) in [6.45, 7) is 1.10. The first kappa shape index (κ1) is 10.3. The van der Waals surface area contributed by atoms with E-state index in [1.54, 1.807) is 22.8 Å². The van der Waals surface area contributed by atoms with Crippen LogP contribution in [0.25, 0.3) is 11.1 Å². The molecule has 15 heavy (non-hydrogen) atoms. The molecule has 0 unspecified atom stereocenters. The van der Waals surface area contributed by atoms with Crippen LogP contribution in [0.3, 0.4) is 0 Å². The molecule has 2 rings (SSSR count). The second-order valence-electron chi connectivity index (χ2n) is 3.27. The lowest BCUT2D eigenvalue weighted by Crippen LogP contribution is -2.16. The van der Waals surface area contributed by atoms with E-state index < -0.39 is 0 Å². The summed E-state index contributed by atoms with van der Waals surface area (Å²) in [4.78, 5) is 11.5. The summed E-state index contributed by atoms with van der Waals surface area (Å²) < 4.78 is 6.61. The molecule has 0 bridgehead atoms. The van der Waals surface area contributed by atoms with Crippen LogP contribution in [-0.2, 0) is 6.54 Å². The number of hydrogen-bond donors (Lipinski definition) is 1. The third-order valence-electron chi connectivity index (χ3n) is 2.22. The van der Waals surface area contributed by atoms with Crippen molar-refractivity contribution in [2.24, 2.45) is 5.73 Å². The van der Waals surface area contributed by atoms with E-state index in [4.69, 9.17) is 21.8 Å². The Hall–Kier alpha value is -1.26. The Morgan fingerprint density at radius 2 is 2.27 bits per heavy atom. The summed E-state index contributed by atoms with van der Waals surface area (Å²) in [6.07, 6.45) is 0.737. The number of fused-ring (bicyclic) bond motifs is 1. The van der Waals surface area contributed by atoms with Crippen molar-refractivity contribution in [3.63, 3.8) is 0 Å². The van der Waals surface area contributed by atoms with Gasteiger partial charge in [0.15, 0.2) is 5.58 Å². The topological polar surface area (TPSA) is 61.2 Å². The molecule has 80 valence electrons. The number of rotatable bonds is 3. The number of aromatic nitrogens is 1. The van der Waals surface area contributed by atoms with E-state index in [0.717, 1.165) is 11.9 Å². The van der Waals surface area contributed by atoms with Crippen LogP contribution in [0.1, 0.15) is 6.42 Å². The standard InChI is InChI=1S/C10H11ClN2O2/c11-7-2-3-9-8(6-7)13(5-1-4-12)10(14)15-9/h2-3,6H,1,4-5,12H2. The van der Waals surface area contributed by atoms with E-state index in [0.29, 0.717) is 23.7 Å². The van der Waals surface area contributed by atoms with Crippen molar-refractivity contribution in [3.05, 3.63) is 33.8 Å². The van der Waals surface area contributed by atoms with Crippen molar-refractivity contribution in [1.29, 1.82) is 0 Å². The van der Waals surface area contributed by atoms with Gasteiger partial charge in [0.25, 0.3) is 0 Å². The fourth-order valence-electron chi connectivity index (χ4n) is 1.50. The molecule has 1 aromatic heterocycles. The van der Waals surface area contributed by atoms with Gasteiger partial charge >= 0.3 is 5.76 Å². The molecule has 0 aliphatic carbocycles. The summed E-state index contributed by atoms with van der Waals surface area (Å²) in [7, 11) is 0. The molecular weight excluding hydrogens is 216 g/mol. The van der Waals surface area contributed by atoms with Gasteiger partial charge in [0.2, 0.25) is 0 Å². The number of oxazole rings is 1. The van der Waals surface area contributed by atoms with Gasteiger partial charge in [-0.15, -0.1) is 0 Å². The number of nitrogens with two attached hydrogens (primary N) is 1. The lowest BCUT2D eigenvalue weighted by Gasteiger charge is -1.99. The normalized spacial score (nSPS) is 11.1. The van der Waals surface area contributed by atoms with E-state index in [2.05, 4.69) is 0 Å². The Labute approximate surface area is 91.2 Å². The van der Waals surface area contributed by atoms with Crippen LogP contribution in [0.4, 0.5) is 0 Å². The lowest BCUT2D eigenvalue weighted by atomic mass is 10.3. The van der Waals surface area contributed by atoms with Gasteiger partial charge in [-0.2, -0.15) is 0 Å². The monoisotopic (exact) mass is 226 g/mol. The highest BCUT2D eigenvalue weighted by Gasteiger charge is 2.08. The maximum absolute atomic E-state index is 11.5. The van der Waals surface area contributed by atoms with Gasteiger partial charge in [-0.1, -0.05) is 11.6 Å². The van der Waals surface area contributed by atoms with Crippen LogP contribution in [0.15, 0.2) is 27.4 Å². The molecule has 1 heterocycles. The number of halogens is 1. The Bertz CT molecular complexity index is 530. The predicted molar refractivity (Wildman–Crippen MR) is 59.2 cm³/mol. The van der Waals surface area contributed by atoms with Crippen molar-refractivity contribution in [2.45, 2.75) is 13.0 Å². The first-order chi connectivity index (χ1) is 7.22. The van der Waals surface area contributed by atoms with Gasteiger partial charge in [-0.3, -0.25) is 4.57 Å². The second-order valence-corrected chi connectivity index (χ2v) is 3.71. The Morgan fingerprint density at radius 3 is 3.00 bits per heavy atom. The summed E-state index contributed by atoms with van der Waals surface area (Å²) in [5.74, 6) is -0.360. The Morgan fingerprint density at radius 1 is 1.47 bits per heavy atom. The molecule has 0 spiro atoms. The quantitative estimate of drug-likeness (QED) is 0.865. The molecule has 4 nitrogen and oxygen atoms in total. The zero-order chi connectivity index (χ0) is 10.8.